The summed E-state index contributed by atoms with van der Waals surface area (Å²) in [6, 6.07) is 0. The molecule has 2 heterocycles. The van der Waals surface area contributed by atoms with Gasteiger partial charge in [0.1, 0.15) is 0 Å². The predicted molar refractivity (Wildman–Crippen MR) is 118 cm³/mol. The average Bonchev–Trinajstić information content (AvgIpc) is 3.06. The number of rotatable bonds is 5. The quantitative estimate of drug-likeness (QED) is 0.551. The van der Waals surface area contributed by atoms with Gasteiger partial charge in [-0.1, -0.05) is 13.8 Å². The lowest BCUT2D eigenvalue weighted by molar-refractivity contribution is 0.00578. The molecule has 166 valence electrons. The molecule has 2 aliphatic rings. The molecule has 0 aliphatic carbocycles. The molecule has 0 aromatic rings. The van der Waals surface area contributed by atoms with Crippen LogP contribution in [0.5, 0.6) is 0 Å². The third-order valence-corrected chi connectivity index (χ3v) is 5.21. The number of hydrazine groups is 1. The monoisotopic (exact) mass is 400 g/mol. The van der Waals surface area contributed by atoms with Crippen molar-refractivity contribution in [2.24, 2.45) is 0 Å². The minimum absolute atomic E-state index is 0.0417. The van der Waals surface area contributed by atoms with Gasteiger partial charge in [-0.15, -0.1) is 0 Å². The van der Waals surface area contributed by atoms with Crippen molar-refractivity contribution in [1.29, 1.82) is 0 Å². The van der Waals surface area contributed by atoms with Crippen molar-refractivity contribution in [3.63, 3.8) is 0 Å². The van der Waals surface area contributed by atoms with E-state index >= 15 is 0 Å². The van der Waals surface area contributed by atoms with Crippen LogP contribution in [0.25, 0.3) is 0 Å². The van der Waals surface area contributed by atoms with E-state index in [-0.39, 0.29) is 23.9 Å². The molecule has 0 unspecified atom stereocenters. The molecule has 0 amide bonds. The zero-order chi connectivity index (χ0) is 22.2. The van der Waals surface area contributed by atoms with Crippen LogP contribution in [0.15, 0.2) is 11.2 Å². The summed E-state index contributed by atoms with van der Waals surface area (Å²) >= 11 is 0. The Morgan fingerprint density at radius 3 is 1.93 bits per heavy atom. The summed E-state index contributed by atoms with van der Waals surface area (Å²) in [5.74, 6) is 0. The fourth-order valence-electron chi connectivity index (χ4n) is 2.45. The van der Waals surface area contributed by atoms with E-state index in [0.29, 0.717) is 0 Å². The zero-order valence-electron chi connectivity index (χ0n) is 20.5. The summed E-state index contributed by atoms with van der Waals surface area (Å²) in [6.45, 7) is 23.0. The molecule has 0 aromatic carbocycles. The summed E-state index contributed by atoms with van der Waals surface area (Å²) in [4.78, 5) is 0. The molecule has 7 heteroatoms. The molecular weight excluding hydrogens is 355 g/mol. The highest BCUT2D eigenvalue weighted by molar-refractivity contribution is 6.55. The lowest BCUT2D eigenvalue weighted by Crippen LogP contribution is -2.41. The van der Waals surface area contributed by atoms with E-state index in [1.807, 2.05) is 34.6 Å². The fraction of sp³-hybridized carbons (Fsp3) is 0.905. The van der Waals surface area contributed by atoms with E-state index in [0.717, 1.165) is 26.1 Å². The van der Waals surface area contributed by atoms with Crippen molar-refractivity contribution in [3.05, 3.63) is 11.2 Å². The highest BCUT2D eigenvalue weighted by atomic mass is 16.7. The molecular formula is C21H45BN2O4. The molecule has 1 N–H and O–H groups in total. The van der Waals surface area contributed by atoms with Crippen LogP contribution in [0, 0.1) is 0 Å². The van der Waals surface area contributed by atoms with E-state index < -0.39 is 0 Å². The Hall–Kier alpha value is -0.595. The van der Waals surface area contributed by atoms with Gasteiger partial charge in [-0.2, -0.15) is 0 Å². The normalized spacial score (nSPS) is 20.6. The van der Waals surface area contributed by atoms with E-state index in [9.17, 15) is 0 Å². The second-order valence-electron chi connectivity index (χ2n) is 8.85. The first-order chi connectivity index (χ1) is 12.8. The number of methoxy groups -OCH3 is 2. The molecule has 0 radical (unpaired) electrons. The average molecular weight is 400 g/mol. The Morgan fingerprint density at radius 1 is 1.07 bits per heavy atom. The van der Waals surface area contributed by atoms with Gasteiger partial charge in [0.15, 0.2) is 0 Å². The van der Waals surface area contributed by atoms with Gasteiger partial charge in [-0.25, -0.2) is 5.43 Å². The van der Waals surface area contributed by atoms with Gasteiger partial charge >= 0.3 is 7.12 Å². The lowest BCUT2D eigenvalue weighted by Gasteiger charge is -2.32. The van der Waals surface area contributed by atoms with Crippen LogP contribution in [-0.4, -0.2) is 62.8 Å². The van der Waals surface area contributed by atoms with Crippen molar-refractivity contribution < 1.29 is 18.8 Å². The Balaban J connectivity index is 0.000000780. The summed E-state index contributed by atoms with van der Waals surface area (Å²) < 4.78 is 22.3. The molecule has 0 bridgehead atoms. The van der Waals surface area contributed by atoms with Gasteiger partial charge in [0.05, 0.1) is 16.8 Å². The van der Waals surface area contributed by atoms with Crippen LogP contribution >= 0.6 is 0 Å². The van der Waals surface area contributed by atoms with Gasteiger partial charge < -0.3 is 23.8 Å². The van der Waals surface area contributed by atoms with E-state index in [1.54, 1.807) is 14.2 Å². The number of hydrogen-bond acceptors (Lipinski definition) is 6. The smallest absolute Gasteiger partial charge is 0.399 e. The van der Waals surface area contributed by atoms with Crippen LogP contribution in [0.2, 0.25) is 0 Å². The molecule has 0 saturated carbocycles. The second-order valence-corrected chi connectivity index (χ2v) is 8.85. The Kier molecular flexibility index (Phi) is 11.3. The number of hydrogen-bond donors (Lipinski definition) is 1. The maximum Gasteiger partial charge on any atom is 0.493 e. The van der Waals surface area contributed by atoms with Crippen molar-refractivity contribution >= 4 is 7.12 Å². The summed E-state index contributed by atoms with van der Waals surface area (Å²) in [6.07, 6.45) is 0.998. The zero-order valence-corrected chi connectivity index (χ0v) is 20.5. The molecule has 2 aliphatic heterocycles. The topological polar surface area (TPSA) is 52.2 Å². The van der Waals surface area contributed by atoms with Crippen molar-refractivity contribution in [2.45, 2.75) is 92.5 Å². The molecule has 0 aromatic heterocycles. The van der Waals surface area contributed by atoms with Crippen LogP contribution < -0.4 is 5.43 Å². The highest BCUT2D eigenvalue weighted by Gasteiger charge is 2.53. The standard InChI is InChI=1S/C14H27BN2O3.C5H12O.C2H6/c1-11-12(10-16-17(11)8-7-9-18-6)15-19-13(2,3)14(4,5)20-15;1-5(2,3)6-4;1-2/h16H,7-10H2,1-6H3;1-4H3;1-2H3. The first-order valence-electron chi connectivity index (χ1n) is 10.4. The van der Waals surface area contributed by atoms with Crippen LogP contribution in [0.1, 0.15) is 75.7 Å². The summed E-state index contributed by atoms with van der Waals surface area (Å²) in [5.41, 5.74) is 5.27. The Morgan fingerprint density at radius 2 is 1.54 bits per heavy atom. The lowest BCUT2D eigenvalue weighted by atomic mass is 9.77. The number of nitrogens with zero attached hydrogens (tertiary/aromatic N) is 1. The van der Waals surface area contributed by atoms with Crippen molar-refractivity contribution in [1.82, 2.24) is 10.4 Å². The Bertz CT molecular complexity index is 471. The first kappa shape index (κ1) is 27.4. The SMILES string of the molecule is CC.COC(C)(C)C.COCCCN1NCC(B2OC(C)(C)C(C)(C)O2)=C1C. The second kappa shape index (κ2) is 11.6. The number of nitrogens with one attached hydrogen (secondary N) is 1. The van der Waals surface area contributed by atoms with Gasteiger partial charge in [-0.3, -0.25) is 0 Å². The number of ether oxygens (including phenoxy) is 2. The Labute approximate surface area is 174 Å². The third kappa shape index (κ3) is 8.03. The van der Waals surface area contributed by atoms with Gasteiger partial charge in [0.25, 0.3) is 0 Å². The maximum atomic E-state index is 6.12. The highest BCUT2D eigenvalue weighted by Crippen LogP contribution is 2.39. The largest absolute Gasteiger partial charge is 0.493 e. The summed E-state index contributed by atoms with van der Waals surface area (Å²) in [7, 11) is 3.19. The van der Waals surface area contributed by atoms with E-state index in [4.69, 9.17) is 18.8 Å². The minimum atomic E-state index is -0.283. The third-order valence-electron chi connectivity index (χ3n) is 5.21. The van der Waals surface area contributed by atoms with E-state index in [2.05, 4.69) is 45.1 Å². The molecule has 0 atom stereocenters. The minimum Gasteiger partial charge on any atom is -0.399 e. The molecule has 1 fully saturated rings. The fourth-order valence-corrected chi connectivity index (χ4v) is 2.45. The van der Waals surface area contributed by atoms with Gasteiger partial charge in [0, 0.05) is 39.6 Å². The van der Waals surface area contributed by atoms with Crippen LogP contribution in [0.4, 0.5) is 0 Å². The van der Waals surface area contributed by atoms with Crippen LogP contribution in [0.3, 0.4) is 0 Å². The molecule has 1 saturated heterocycles. The van der Waals surface area contributed by atoms with Crippen molar-refractivity contribution in [3.8, 4) is 0 Å². The molecule has 6 nitrogen and oxygen atoms in total. The molecule has 28 heavy (non-hydrogen) atoms. The molecule has 2 rings (SSSR count). The maximum absolute atomic E-state index is 6.12. The van der Waals surface area contributed by atoms with Gasteiger partial charge in [-0.05, 0) is 67.3 Å². The first-order valence-corrected chi connectivity index (χ1v) is 10.4. The predicted octanol–water partition coefficient (Wildman–Crippen LogP) is 4.21. The number of allylic oxidation sites excluding steroid dienone is 1. The summed E-state index contributed by atoms with van der Waals surface area (Å²) in [5, 5.41) is 2.17. The van der Waals surface area contributed by atoms with Crippen molar-refractivity contribution in [2.75, 3.05) is 33.9 Å². The van der Waals surface area contributed by atoms with Crippen LogP contribution in [-0.2, 0) is 18.8 Å². The van der Waals surface area contributed by atoms with Gasteiger partial charge in [0.2, 0.25) is 0 Å². The van der Waals surface area contributed by atoms with E-state index in [1.165, 1.54) is 11.2 Å². The molecule has 0 spiro atoms.